The first-order valence-corrected chi connectivity index (χ1v) is 3.33. The fourth-order valence-corrected chi connectivity index (χ4v) is 1.03. The average molecular weight is 164 g/mol. The number of rotatable bonds is 0. The summed E-state index contributed by atoms with van der Waals surface area (Å²) >= 11 is 0. The maximum atomic E-state index is 2.21. The van der Waals surface area contributed by atoms with Crippen molar-refractivity contribution in [2.45, 2.75) is 0 Å². The van der Waals surface area contributed by atoms with Gasteiger partial charge in [0.25, 0.3) is 0 Å². The van der Waals surface area contributed by atoms with E-state index in [1.165, 1.54) is 0 Å². The van der Waals surface area contributed by atoms with Crippen molar-refractivity contribution in [2.24, 2.45) is 0 Å². The van der Waals surface area contributed by atoms with E-state index in [9.17, 15) is 0 Å². The molecule has 0 aliphatic heterocycles. The molecule has 7 heavy (non-hydrogen) atoms. The summed E-state index contributed by atoms with van der Waals surface area (Å²) < 4.78 is 0. The minimum absolute atomic E-state index is 0. The number of hydrogen-bond donors (Lipinski definition) is 0. The molecule has 0 spiro atoms. The maximum absolute atomic E-state index is 2.21. The summed E-state index contributed by atoms with van der Waals surface area (Å²) in [5.41, 5.74) is 4.42. The molecule has 0 atom stereocenters. The van der Waals surface area contributed by atoms with Crippen LogP contribution in [-0.4, -0.2) is 28.9 Å². The van der Waals surface area contributed by atoms with Crippen LogP contribution in [0.4, 0.5) is 0 Å². The van der Waals surface area contributed by atoms with E-state index in [-0.39, 0.29) is 19.8 Å². The summed E-state index contributed by atoms with van der Waals surface area (Å²) in [5, 5.41) is 0. The summed E-state index contributed by atoms with van der Waals surface area (Å²) in [6.07, 6.45) is 0. The molecule has 0 aromatic carbocycles. The third kappa shape index (κ3) is 2.85. The van der Waals surface area contributed by atoms with Crippen molar-refractivity contribution in [3.05, 3.63) is 29.6 Å². The van der Waals surface area contributed by atoms with Crippen LogP contribution in [-0.2, 0) is 0 Å². The first kappa shape index (κ1) is 7.20. The molecule has 1 heterocycles. The molecule has 0 aliphatic carbocycles. The van der Waals surface area contributed by atoms with E-state index in [0.717, 1.165) is 0 Å². The largest absolute Gasteiger partial charge is 0.0805 e. The monoisotopic (exact) mass is 163 g/mol. The molecule has 1 aromatic rings. The summed E-state index contributed by atoms with van der Waals surface area (Å²) in [4.78, 5) is 0. The van der Waals surface area contributed by atoms with Gasteiger partial charge in [-0.05, 0) is 0 Å². The van der Waals surface area contributed by atoms with Crippen molar-refractivity contribution in [1.82, 2.24) is 0 Å². The first-order valence-electron chi connectivity index (χ1n) is 2.00. The van der Waals surface area contributed by atoms with E-state index in [2.05, 4.69) is 29.6 Å². The van der Waals surface area contributed by atoms with Gasteiger partial charge in [-0.2, -0.15) is 0 Å². The molecule has 3 radical (unpaired) electrons. The van der Waals surface area contributed by atoms with Crippen molar-refractivity contribution in [3.63, 3.8) is 0 Å². The second kappa shape index (κ2) is 4.36. The molecule has 0 fully saturated rings. The predicted octanol–water partition coefficient (Wildman–Crippen LogP) is 0.376. The zero-order valence-corrected chi connectivity index (χ0v) is 7.62. The van der Waals surface area contributed by atoms with Crippen molar-refractivity contribution in [3.8, 4) is 0 Å². The van der Waals surface area contributed by atoms with Crippen LogP contribution in [0, 0.1) is 0 Å². The zero-order valence-electron chi connectivity index (χ0n) is 4.04. The zero-order chi connectivity index (χ0) is 4.24. The molecule has 0 saturated heterocycles. The van der Waals surface area contributed by atoms with Gasteiger partial charge in [-0.25, -0.2) is 0 Å². The van der Waals surface area contributed by atoms with Crippen LogP contribution >= 0.6 is 0 Å². The van der Waals surface area contributed by atoms with Crippen LogP contribution in [0.5, 0.6) is 0 Å². The Hall–Kier alpha value is 0.203. The average Bonchev–Trinajstić information content (AvgIpc) is 1.72. The van der Waals surface area contributed by atoms with Gasteiger partial charge in [-0.15, -0.1) is 0 Å². The Labute approximate surface area is 58.7 Å². The molecule has 1 aromatic heterocycles. The van der Waals surface area contributed by atoms with Gasteiger partial charge >= 0.3 is 0 Å². The van der Waals surface area contributed by atoms with Gasteiger partial charge in [-0.3, -0.25) is 0 Å². The van der Waals surface area contributed by atoms with E-state index in [0.29, 0.717) is 9.12 Å². The van der Waals surface area contributed by atoms with E-state index < -0.39 is 0 Å². The Kier molecular flexibility index (Phi) is 4.49. The van der Waals surface area contributed by atoms with Gasteiger partial charge in [0.05, 0.1) is 0 Å². The third-order valence-electron chi connectivity index (χ3n) is 0.667. The van der Waals surface area contributed by atoms with Gasteiger partial charge in [0.15, 0.2) is 0 Å². The number of hydrogen-bond acceptors (Lipinski definition) is 0. The molecule has 2 heteroatoms. The summed E-state index contributed by atoms with van der Waals surface area (Å²) in [6.45, 7) is 0. The molecule has 0 saturated carbocycles. The van der Waals surface area contributed by atoms with Gasteiger partial charge in [0.2, 0.25) is 0 Å². The SMILES string of the molecule is [Ga].c1cc[siH]cc1. The van der Waals surface area contributed by atoms with Crippen LogP contribution < -0.4 is 0 Å². The van der Waals surface area contributed by atoms with Gasteiger partial charge in [0.1, 0.15) is 0 Å². The molecule has 0 bridgehead atoms. The summed E-state index contributed by atoms with van der Waals surface area (Å²) in [6, 6.07) is 6.24. The van der Waals surface area contributed by atoms with Gasteiger partial charge in [0, 0.05) is 28.9 Å². The Bertz CT molecular complexity index is 80.0. The standard InChI is InChI=1S/C5H6Si.Ga/c1-2-4-6-5-3-1;/h1-6H;. The second-order valence-corrected chi connectivity index (χ2v) is 2.31. The topological polar surface area (TPSA) is 0 Å². The normalized spacial score (nSPS) is 6.86. The van der Waals surface area contributed by atoms with E-state index in [1.54, 1.807) is 0 Å². The third-order valence-corrected chi connectivity index (χ3v) is 1.56. The molecule has 0 aliphatic rings. The van der Waals surface area contributed by atoms with Crippen LogP contribution in [0.25, 0.3) is 0 Å². The molecule has 0 nitrogen and oxygen atoms in total. The Morgan fingerprint density at radius 3 is 1.57 bits per heavy atom. The molecule has 0 N–H and O–H groups in total. The Morgan fingerprint density at radius 2 is 1.43 bits per heavy atom. The maximum Gasteiger partial charge on any atom is 0.0198 e. The first-order chi connectivity index (χ1) is 3.00. The van der Waals surface area contributed by atoms with E-state index in [1.807, 2.05) is 0 Å². The predicted molar refractivity (Wildman–Crippen MR) is 34.9 cm³/mol. The minimum Gasteiger partial charge on any atom is -0.0805 e. The summed E-state index contributed by atoms with van der Waals surface area (Å²) in [5.74, 6) is 0. The van der Waals surface area contributed by atoms with Crippen LogP contribution in [0.2, 0.25) is 0 Å². The van der Waals surface area contributed by atoms with Crippen molar-refractivity contribution >= 4 is 28.9 Å². The van der Waals surface area contributed by atoms with Crippen LogP contribution in [0.3, 0.4) is 0 Å². The van der Waals surface area contributed by atoms with Crippen molar-refractivity contribution in [2.75, 3.05) is 0 Å². The van der Waals surface area contributed by atoms with Crippen LogP contribution in [0.15, 0.2) is 29.6 Å². The van der Waals surface area contributed by atoms with E-state index >= 15 is 0 Å². The molecule has 1 rings (SSSR count). The fraction of sp³-hybridized carbons (Fsp3) is 0. The Balaban J connectivity index is 0.000000360. The molecule has 0 amide bonds. The van der Waals surface area contributed by atoms with E-state index in [4.69, 9.17) is 0 Å². The Morgan fingerprint density at radius 1 is 0.857 bits per heavy atom. The van der Waals surface area contributed by atoms with Crippen LogP contribution in [0.1, 0.15) is 0 Å². The second-order valence-electron chi connectivity index (χ2n) is 1.15. The molecular formula is C5H6GaSi. The van der Waals surface area contributed by atoms with Gasteiger partial charge in [-0.1, -0.05) is 29.6 Å². The molecule has 33 valence electrons. The smallest absolute Gasteiger partial charge is 0.0198 e. The quantitative estimate of drug-likeness (QED) is 0.486. The molecular weight excluding hydrogens is 158 g/mol. The van der Waals surface area contributed by atoms with Gasteiger partial charge < -0.3 is 0 Å². The molecule has 0 unspecified atom stereocenters. The van der Waals surface area contributed by atoms with Crippen molar-refractivity contribution in [1.29, 1.82) is 0 Å². The summed E-state index contributed by atoms with van der Waals surface area (Å²) in [7, 11) is 0.513. The minimum atomic E-state index is 0. The fourth-order valence-electron chi connectivity index (χ4n) is 0.385. The van der Waals surface area contributed by atoms with Crippen molar-refractivity contribution < 1.29 is 0 Å².